The highest BCUT2D eigenvalue weighted by atomic mass is 16.5. The van der Waals surface area contributed by atoms with Crippen molar-refractivity contribution in [3.05, 3.63) is 12.1 Å². The molecule has 2 heterocycles. The van der Waals surface area contributed by atoms with Crippen LogP contribution in [0.15, 0.2) is 12.1 Å². The van der Waals surface area contributed by atoms with E-state index in [9.17, 15) is 0 Å². The van der Waals surface area contributed by atoms with E-state index in [1.54, 1.807) is 0 Å². The van der Waals surface area contributed by atoms with Crippen molar-refractivity contribution in [2.75, 3.05) is 30.9 Å². The Morgan fingerprint density at radius 2 is 2.30 bits per heavy atom. The molecule has 2 fully saturated rings. The predicted molar refractivity (Wildman–Crippen MR) is 78.9 cm³/mol. The molecule has 0 aromatic carbocycles. The van der Waals surface area contributed by atoms with Gasteiger partial charge in [0.15, 0.2) is 0 Å². The molecule has 0 radical (unpaired) electrons. The molecule has 110 valence electrons. The van der Waals surface area contributed by atoms with E-state index in [2.05, 4.69) is 17.2 Å². The van der Waals surface area contributed by atoms with Crippen LogP contribution in [-0.4, -0.2) is 30.8 Å². The normalized spacial score (nSPS) is 23.6. The van der Waals surface area contributed by atoms with E-state index < -0.39 is 0 Å². The van der Waals surface area contributed by atoms with Crippen molar-refractivity contribution in [3.8, 4) is 5.88 Å². The first kappa shape index (κ1) is 13.5. The summed E-state index contributed by atoms with van der Waals surface area (Å²) in [6.07, 6.45) is 3.63. The molecule has 1 saturated carbocycles. The summed E-state index contributed by atoms with van der Waals surface area (Å²) in [5.41, 5.74) is 6.52. The number of hydrogen-bond acceptors (Lipinski definition) is 5. The van der Waals surface area contributed by atoms with Gasteiger partial charge in [0.05, 0.1) is 18.9 Å². The van der Waals surface area contributed by atoms with Crippen molar-refractivity contribution in [1.29, 1.82) is 0 Å². The summed E-state index contributed by atoms with van der Waals surface area (Å²) in [4.78, 5) is 4.48. The van der Waals surface area contributed by atoms with Gasteiger partial charge in [0.25, 0.3) is 0 Å². The number of rotatable bonds is 6. The maximum absolute atomic E-state index is 5.91. The average Bonchev–Trinajstić information content (AvgIpc) is 3.10. The van der Waals surface area contributed by atoms with Gasteiger partial charge in [-0.15, -0.1) is 0 Å². The van der Waals surface area contributed by atoms with E-state index in [0.717, 1.165) is 32.1 Å². The largest absolute Gasteiger partial charge is 0.476 e. The molecule has 20 heavy (non-hydrogen) atoms. The van der Waals surface area contributed by atoms with Gasteiger partial charge in [-0.1, -0.05) is 0 Å². The fourth-order valence-electron chi connectivity index (χ4n) is 2.43. The van der Waals surface area contributed by atoms with Crippen LogP contribution in [0.3, 0.4) is 0 Å². The van der Waals surface area contributed by atoms with Crippen molar-refractivity contribution in [3.63, 3.8) is 0 Å². The maximum atomic E-state index is 5.91. The molecule has 1 aromatic heterocycles. The number of nitrogens with zero attached hydrogens (tertiary/aromatic N) is 1. The van der Waals surface area contributed by atoms with Crippen LogP contribution in [-0.2, 0) is 4.74 Å². The topological polar surface area (TPSA) is 69.4 Å². The van der Waals surface area contributed by atoms with E-state index in [-0.39, 0.29) is 0 Å². The minimum Gasteiger partial charge on any atom is -0.476 e. The first-order valence-electron chi connectivity index (χ1n) is 7.46. The molecule has 0 spiro atoms. The number of anilines is 2. The van der Waals surface area contributed by atoms with Crippen LogP contribution in [0.25, 0.3) is 0 Å². The number of pyridine rings is 1. The van der Waals surface area contributed by atoms with Crippen LogP contribution in [0, 0.1) is 11.8 Å². The van der Waals surface area contributed by atoms with Crippen LogP contribution < -0.4 is 15.8 Å². The van der Waals surface area contributed by atoms with Crippen molar-refractivity contribution in [2.45, 2.75) is 32.2 Å². The van der Waals surface area contributed by atoms with Gasteiger partial charge in [-0.05, 0) is 44.2 Å². The van der Waals surface area contributed by atoms with Crippen molar-refractivity contribution >= 4 is 11.5 Å². The molecule has 1 aromatic rings. The maximum Gasteiger partial charge on any atom is 0.239 e. The highest BCUT2D eigenvalue weighted by Gasteiger charge is 2.24. The summed E-state index contributed by atoms with van der Waals surface area (Å²) in [6.45, 7) is 4.59. The monoisotopic (exact) mass is 277 g/mol. The molecular formula is C15H23N3O2. The highest BCUT2D eigenvalue weighted by molar-refractivity contribution is 5.53. The second-order valence-corrected chi connectivity index (χ2v) is 5.90. The predicted octanol–water partition coefficient (Wildman–Crippen LogP) is 2.29. The third-order valence-electron chi connectivity index (χ3n) is 4.09. The van der Waals surface area contributed by atoms with Gasteiger partial charge in [-0.3, -0.25) is 0 Å². The number of aromatic nitrogens is 1. The van der Waals surface area contributed by atoms with Crippen molar-refractivity contribution in [1.82, 2.24) is 4.98 Å². The number of nitrogens with one attached hydrogen (secondary N) is 1. The molecule has 2 unspecified atom stereocenters. The summed E-state index contributed by atoms with van der Waals surface area (Å²) in [6, 6.07) is 4.10. The van der Waals surface area contributed by atoms with Crippen LogP contribution in [0.4, 0.5) is 11.5 Å². The zero-order valence-corrected chi connectivity index (χ0v) is 12.0. The van der Waals surface area contributed by atoms with Crippen LogP contribution in [0.1, 0.15) is 26.2 Å². The summed E-state index contributed by atoms with van der Waals surface area (Å²) in [7, 11) is 0. The van der Waals surface area contributed by atoms with Gasteiger partial charge < -0.3 is 20.5 Å². The molecule has 2 atom stereocenters. The standard InChI is InChI=1S/C15H23N3O2/c1-10(12-6-7-19-9-12)17-14-5-4-13(16)15(18-14)20-8-11-2-3-11/h4-5,10-12H,2-3,6-9,16H2,1H3,(H,17,18). The molecule has 5 nitrogen and oxygen atoms in total. The van der Waals surface area contributed by atoms with Crippen LogP contribution in [0.5, 0.6) is 5.88 Å². The molecule has 3 rings (SSSR count). The number of nitrogen functional groups attached to an aromatic ring is 1. The van der Waals surface area contributed by atoms with Gasteiger partial charge in [-0.2, -0.15) is 4.98 Å². The molecule has 0 amide bonds. The fraction of sp³-hybridized carbons (Fsp3) is 0.667. The van der Waals surface area contributed by atoms with Crippen LogP contribution in [0.2, 0.25) is 0 Å². The Hall–Kier alpha value is -1.49. The average molecular weight is 277 g/mol. The van der Waals surface area contributed by atoms with Crippen molar-refractivity contribution in [2.24, 2.45) is 11.8 Å². The molecule has 2 aliphatic rings. The number of ether oxygens (including phenoxy) is 2. The highest BCUT2D eigenvalue weighted by Crippen LogP contribution is 2.31. The molecular weight excluding hydrogens is 254 g/mol. The Morgan fingerprint density at radius 3 is 3.00 bits per heavy atom. The molecule has 1 aliphatic carbocycles. The minimum absolute atomic E-state index is 0.338. The zero-order valence-electron chi connectivity index (χ0n) is 12.0. The summed E-state index contributed by atoms with van der Waals surface area (Å²) in [5.74, 6) is 2.62. The molecule has 1 saturated heterocycles. The summed E-state index contributed by atoms with van der Waals surface area (Å²) < 4.78 is 11.1. The van der Waals surface area contributed by atoms with Gasteiger partial charge in [-0.25, -0.2) is 0 Å². The van der Waals surface area contributed by atoms with Crippen LogP contribution >= 0.6 is 0 Å². The van der Waals surface area contributed by atoms with E-state index in [4.69, 9.17) is 15.2 Å². The number of nitrogens with two attached hydrogens (primary N) is 1. The van der Waals surface area contributed by atoms with Gasteiger partial charge in [0, 0.05) is 18.6 Å². The Morgan fingerprint density at radius 1 is 1.45 bits per heavy atom. The van der Waals surface area contributed by atoms with Gasteiger partial charge in [0.2, 0.25) is 5.88 Å². The van der Waals surface area contributed by atoms with Gasteiger partial charge in [0.1, 0.15) is 5.82 Å². The smallest absolute Gasteiger partial charge is 0.239 e. The van der Waals surface area contributed by atoms with E-state index in [1.165, 1.54) is 12.8 Å². The summed E-state index contributed by atoms with van der Waals surface area (Å²) >= 11 is 0. The number of hydrogen-bond donors (Lipinski definition) is 2. The second kappa shape index (κ2) is 5.87. The first-order valence-corrected chi connectivity index (χ1v) is 7.46. The Bertz CT molecular complexity index is 456. The van der Waals surface area contributed by atoms with Gasteiger partial charge >= 0.3 is 0 Å². The van der Waals surface area contributed by atoms with E-state index >= 15 is 0 Å². The molecule has 3 N–H and O–H groups in total. The Kier molecular flexibility index (Phi) is 3.96. The van der Waals surface area contributed by atoms with E-state index in [1.807, 2.05) is 12.1 Å². The second-order valence-electron chi connectivity index (χ2n) is 5.90. The molecule has 0 bridgehead atoms. The lowest BCUT2D eigenvalue weighted by molar-refractivity contribution is 0.183. The lowest BCUT2D eigenvalue weighted by Gasteiger charge is -2.20. The Balaban J connectivity index is 1.61. The lowest BCUT2D eigenvalue weighted by atomic mass is 10.0. The quantitative estimate of drug-likeness (QED) is 0.835. The molecule has 1 aliphatic heterocycles. The van der Waals surface area contributed by atoms with Crippen molar-refractivity contribution < 1.29 is 9.47 Å². The first-order chi connectivity index (χ1) is 9.72. The fourth-order valence-corrected chi connectivity index (χ4v) is 2.43. The Labute approximate surface area is 119 Å². The van der Waals surface area contributed by atoms with E-state index in [0.29, 0.717) is 29.4 Å². The third-order valence-corrected chi connectivity index (χ3v) is 4.09. The SMILES string of the molecule is CC(Nc1ccc(N)c(OCC2CC2)n1)C1CCOC1. The zero-order chi connectivity index (χ0) is 13.9. The molecule has 5 heteroatoms. The third kappa shape index (κ3) is 3.33. The summed E-state index contributed by atoms with van der Waals surface area (Å²) in [5, 5.41) is 3.43. The lowest BCUT2D eigenvalue weighted by Crippen LogP contribution is -2.26. The minimum atomic E-state index is 0.338.